The molecule has 0 N–H and O–H groups in total. The van der Waals surface area contributed by atoms with Gasteiger partial charge in [-0.15, -0.1) is 11.3 Å². The van der Waals surface area contributed by atoms with Crippen LogP contribution >= 0.6 is 11.3 Å². The highest BCUT2D eigenvalue weighted by molar-refractivity contribution is 7.16. The van der Waals surface area contributed by atoms with Gasteiger partial charge < -0.3 is 9.15 Å². The van der Waals surface area contributed by atoms with E-state index in [9.17, 15) is 14.9 Å². The predicted octanol–water partition coefficient (Wildman–Crippen LogP) is 6.71. The van der Waals surface area contributed by atoms with Gasteiger partial charge in [0.05, 0.1) is 23.3 Å². The van der Waals surface area contributed by atoms with Gasteiger partial charge in [-0.05, 0) is 49.1 Å². The van der Waals surface area contributed by atoms with Crippen LogP contribution in [0, 0.1) is 17.0 Å². The maximum absolute atomic E-state index is 12.9. The van der Waals surface area contributed by atoms with Crippen LogP contribution in [-0.4, -0.2) is 35.2 Å². The summed E-state index contributed by atoms with van der Waals surface area (Å²) in [5.41, 5.74) is 4.31. The number of thiophene rings is 1. The molecule has 1 aliphatic heterocycles. The number of rotatable bonds is 8. The zero-order chi connectivity index (χ0) is 26.6. The number of nitrogens with zero attached hydrogens (tertiary/aromatic N) is 3. The molecule has 9 heteroatoms. The highest BCUT2D eigenvalue weighted by atomic mass is 32.1. The zero-order valence-corrected chi connectivity index (χ0v) is 22.0. The van der Waals surface area contributed by atoms with Crippen molar-refractivity contribution >= 4 is 34.2 Å². The number of non-ortho nitro benzene ring substituents is 1. The first kappa shape index (κ1) is 25.6. The van der Waals surface area contributed by atoms with Crippen LogP contribution < -0.4 is 0 Å². The Morgan fingerprint density at radius 2 is 2.03 bits per heavy atom. The van der Waals surface area contributed by atoms with Crippen molar-refractivity contribution in [2.24, 2.45) is 4.99 Å². The summed E-state index contributed by atoms with van der Waals surface area (Å²) in [7, 11) is 0. The number of nitro groups is 1. The van der Waals surface area contributed by atoms with Gasteiger partial charge in [0.25, 0.3) is 5.69 Å². The molecule has 2 aromatic heterocycles. The third-order valence-electron chi connectivity index (χ3n) is 6.48. The van der Waals surface area contributed by atoms with E-state index < -0.39 is 4.92 Å². The van der Waals surface area contributed by atoms with Crippen molar-refractivity contribution in [2.45, 2.75) is 33.4 Å². The predicted molar refractivity (Wildman–Crippen MR) is 147 cm³/mol. The van der Waals surface area contributed by atoms with Crippen LogP contribution in [0.15, 0.2) is 70.1 Å². The molecule has 0 radical (unpaired) electrons. The quantitative estimate of drug-likeness (QED) is 0.109. The number of furan rings is 1. The molecule has 0 unspecified atom stereocenters. The Kier molecular flexibility index (Phi) is 7.48. The van der Waals surface area contributed by atoms with Gasteiger partial charge in [-0.25, -0.2) is 9.79 Å². The maximum atomic E-state index is 12.9. The highest BCUT2D eigenvalue weighted by Crippen LogP contribution is 2.40. The molecular formula is C29H27N3O5S. The van der Waals surface area contributed by atoms with E-state index in [0.717, 1.165) is 42.1 Å². The van der Waals surface area contributed by atoms with Crippen LogP contribution in [0.5, 0.6) is 0 Å². The van der Waals surface area contributed by atoms with E-state index in [4.69, 9.17) is 9.15 Å². The number of esters is 1. The number of ether oxygens (including phenoxy) is 1. The lowest BCUT2D eigenvalue weighted by molar-refractivity contribution is -0.384. The van der Waals surface area contributed by atoms with Crippen molar-refractivity contribution in [1.29, 1.82) is 0 Å². The van der Waals surface area contributed by atoms with E-state index >= 15 is 0 Å². The van der Waals surface area contributed by atoms with Crippen molar-refractivity contribution < 1.29 is 18.9 Å². The summed E-state index contributed by atoms with van der Waals surface area (Å²) in [5.74, 6) is 0.638. The van der Waals surface area contributed by atoms with Crippen molar-refractivity contribution in [3.8, 4) is 11.3 Å². The SMILES string of the molecule is CCOC(=O)c1c(N=Cc2ccc(-c3cc([N+](=O)[O-])ccc3C)o2)sc2c1CCN(Cc1ccccc1)C2. The smallest absolute Gasteiger partial charge is 0.341 e. The third-order valence-corrected chi connectivity index (χ3v) is 7.60. The second kappa shape index (κ2) is 11.1. The Morgan fingerprint density at radius 1 is 1.21 bits per heavy atom. The fraction of sp³-hybridized carbons (Fsp3) is 0.241. The number of aliphatic imine (C=N–C) groups is 1. The average Bonchev–Trinajstić information content (AvgIpc) is 3.52. The largest absolute Gasteiger partial charge is 0.462 e. The number of hydrogen-bond donors (Lipinski definition) is 0. The lowest BCUT2D eigenvalue weighted by atomic mass is 10.0. The minimum Gasteiger partial charge on any atom is -0.462 e. The van der Waals surface area contributed by atoms with Crippen molar-refractivity contribution in [2.75, 3.05) is 13.2 Å². The van der Waals surface area contributed by atoms with Gasteiger partial charge in [0.1, 0.15) is 16.5 Å². The molecule has 5 rings (SSSR count). The van der Waals surface area contributed by atoms with E-state index in [-0.39, 0.29) is 18.3 Å². The molecule has 0 saturated heterocycles. The van der Waals surface area contributed by atoms with Crippen LogP contribution in [0.4, 0.5) is 10.7 Å². The fourth-order valence-corrected chi connectivity index (χ4v) is 5.82. The Hall–Kier alpha value is -4.08. The van der Waals surface area contributed by atoms with Gasteiger partial charge in [0.2, 0.25) is 0 Å². The molecule has 0 spiro atoms. The van der Waals surface area contributed by atoms with Gasteiger partial charge in [-0.3, -0.25) is 15.0 Å². The monoisotopic (exact) mass is 529 g/mol. The topological polar surface area (TPSA) is 98.2 Å². The lowest BCUT2D eigenvalue weighted by Gasteiger charge is -2.27. The summed E-state index contributed by atoms with van der Waals surface area (Å²) in [6, 6.07) is 18.5. The molecular weight excluding hydrogens is 502 g/mol. The van der Waals surface area contributed by atoms with E-state index in [1.807, 2.05) is 25.1 Å². The van der Waals surface area contributed by atoms with Crippen LogP contribution in [0.25, 0.3) is 11.3 Å². The van der Waals surface area contributed by atoms with Crippen LogP contribution in [-0.2, 0) is 24.2 Å². The summed E-state index contributed by atoms with van der Waals surface area (Å²) in [6.45, 7) is 6.39. The van der Waals surface area contributed by atoms with Crippen LogP contribution in [0.3, 0.4) is 0 Å². The second-order valence-electron chi connectivity index (χ2n) is 9.07. The highest BCUT2D eigenvalue weighted by Gasteiger charge is 2.28. The maximum Gasteiger partial charge on any atom is 0.341 e. The molecule has 3 heterocycles. The summed E-state index contributed by atoms with van der Waals surface area (Å²) < 4.78 is 11.3. The standard InChI is InChI=1S/C29H27N3O5S/c1-3-36-29(33)27-23-13-14-31(17-20-7-5-4-6-8-20)18-26(23)38-28(27)30-16-22-11-12-25(37-22)24-15-21(32(34)35)10-9-19(24)2/h4-12,15-16H,3,13-14,17-18H2,1-2H3. The van der Waals surface area contributed by atoms with Gasteiger partial charge >= 0.3 is 5.97 Å². The van der Waals surface area contributed by atoms with E-state index in [1.54, 1.807) is 31.3 Å². The summed E-state index contributed by atoms with van der Waals surface area (Å²) in [6.07, 6.45) is 2.33. The lowest BCUT2D eigenvalue weighted by Crippen LogP contribution is -2.29. The molecule has 4 aromatic rings. The Balaban J connectivity index is 1.41. The first-order chi connectivity index (χ1) is 18.4. The molecule has 0 aliphatic carbocycles. The molecule has 8 nitrogen and oxygen atoms in total. The molecule has 0 amide bonds. The molecule has 0 fully saturated rings. The molecule has 194 valence electrons. The number of carbonyl (C=O) groups excluding carboxylic acids is 1. The van der Waals surface area contributed by atoms with Gasteiger partial charge in [-0.1, -0.05) is 36.4 Å². The van der Waals surface area contributed by atoms with Gasteiger partial charge in [0.15, 0.2) is 0 Å². The second-order valence-corrected chi connectivity index (χ2v) is 10.2. The Morgan fingerprint density at radius 3 is 2.79 bits per heavy atom. The number of benzene rings is 2. The minimum absolute atomic E-state index is 0.00164. The summed E-state index contributed by atoms with van der Waals surface area (Å²) in [4.78, 5) is 31.8. The zero-order valence-electron chi connectivity index (χ0n) is 21.2. The molecule has 38 heavy (non-hydrogen) atoms. The van der Waals surface area contributed by atoms with Crippen LogP contribution in [0.1, 0.15) is 44.6 Å². The Labute approximate surface area is 224 Å². The average molecular weight is 530 g/mol. The molecule has 1 aliphatic rings. The number of aryl methyl sites for hydroxylation is 1. The first-order valence-corrected chi connectivity index (χ1v) is 13.2. The Bertz CT molecular complexity index is 1510. The van der Waals surface area contributed by atoms with Gasteiger partial charge in [0, 0.05) is 42.2 Å². The number of hydrogen-bond acceptors (Lipinski definition) is 8. The van der Waals surface area contributed by atoms with Crippen molar-refractivity contribution in [3.63, 3.8) is 0 Å². The summed E-state index contributed by atoms with van der Waals surface area (Å²) >= 11 is 1.50. The van der Waals surface area contributed by atoms with E-state index in [2.05, 4.69) is 22.0 Å². The van der Waals surface area contributed by atoms with Crippen molar-refractivity contribution in [3.05, 3.63) is 104 Å². The number of carbonyl (C=O) groups is 1. The first-order valence-electron chi connectivity index (χ1n) is 12.4. The fourth-order valence-electron chi connectivity index (χ4n) is 4.60. The molecule has 0 atom stereocenters. The van der Waals surface area contributed by atoms with E-state index in [0.29, 0.717) is 27.6 Å². The number of fused-ring (bicyclic) bond motifs is 1. The number of nitro benzene ring substituents is 1. The minimum atomic E-state index is -0.426. The van der Waals surface area contributed by atoms with Crippen molar-refractivity contribution in [1.82, 2.24) is 4.90 Å². The molecule has 0 saturated carbocycles. The van der Waals surface area contributed by atoms with E-state index in [1.165, 1.54) is 29.0 Å². The van der Waals surface area contributed by atoms with Crippen LogP contribution in [0.2, 0.25) is 0 Å². The molecule has 0 bridgehead atoms. The van der Waals surface area contributed by atoms with Gasteiger partial charge in [-0.2, -0.15) is 0 Å². The summed E-state index contributed by atoms with van der Waals surface area (Å²) in [5, 5.41) is 11.8. The normalized spacial score (nSPS) is 13.5. The molecule has 2 aromatic carbocycles. The third kappa shape index (κ3) is 5.44.